The van der Waals surface area contributed by atoms with Crippen LogP contribution >= 0.6 is 11.6 Å². The average Bonchev–Trinajstić information content (AvgIpc) is 2.47. The van der Waals surface area contributed by atoms with E-state index in [1.165, 1.54) is 6.07 Å². The molecule has 1 heterocycles. The van der Waals surface area contributed by atoms with E-state index >= 15 is 0 Å². The van der Waals surface area contributed by atoms with Gasteiger partial charge < -0.3 is 4.74 Å². The van der Waals surface area contributed by atoms with E-state index in [-0.39, 0.29) is 16.8 Å². The molecule has 0 fully saturated rings. The van der Waals surface area contributed by atoms with Gasteiger partial charge in [-0.3, -0.25) is 0 Å². The van der Waals surface area contributed by atoms with Crippen molar-refractivity contribution in [2.45, 2.75) is 6.92 Å². The summed E-state index contributed by atoms with van der Waals surface area (Å²) in [7, 11) is 1.58. The lowest BCUT2D eigenvalue weighted by molar-refractivity contribution is 0.415. The van der Waals surface area contributed by atoms with Crippen molar-refractivity contribution in [2.24, 2.45) is 0 Å². The predicted molar refractivity (Wildman–Crippen MR) is 81.2 cm³/mol. The molecule has 0 N–H and O–H groups in total. The summed E-state index contributed by atoms with van der Waals surface area (Å²) in [6, 6.07) is 10.2. The van der Waals surface area contributed by atoms with Crippen molar-refractivity contribution in [2.75, 3.05) is 7.11 Å². The molecule has 0 saturated carbocycles. The minimum absolute atomic E-state index is 0.272. The zero-order valence-corrected chi connectivity index (χ0v) is 12.3. The van der Waals surface area contributed by atoms with E-state index in [9.17, 15) is 4.39 Å². The Labute approximate surface area is 126 Å². The Balaban J connectivity index is 2.20. The summed E-state index contributed by atoms with van der Waals surface area (Å²) < 4.78 is 19.2. The van der Waals surface area contributed by atoms with Gasteiger partial charge in [0.05, 0.1) is 18.2 Å². The van der Waals surface area contributed by atoms with Crippen LogP contribution in [-0.4, -0.2) is 17.1 Å². The van der Waals surface area contributed by atoms with Crippen molar-refractivity contribution in [1.82, 2.24) is 9.97 Å². The number of halogens is 2. The van der Waals surface area contributed by atoms with Gasteiger partial charge in [0.2, 0.25) is 0 Å². The van der Waals surface area contributed by atoms with Crippen molar-refractivity contribution in [1.29, 1.82) is 0 Å². The molecule has 0 unspecified atom stereocenters. The molecule has 5 heteroatoms. The molecule has 0 atom stereocenters. The summed E-state index contributed by atoms with van der Waals surface area (Å²) in [4.78, 5) is 8.58. The normalized spacial score (nSPS) is 10.9. The SMILES string of the molecule is COc1ccc2nc(-c3ccc(C)cc3F)nc(Cl)c2c1. The maximum Gasteiger partial charge on any atom is 0.164 e. The summed E-state index contributed by atoms with van der Waals surface area (Å²) >= 11 is 6.20. The van der Waals surface area contributed by atoms with Gasteiger partial charge in [-0.15, -0.1) is 0 Å². The Hall–Kier alpha value is -2.20. The smallest absolute Gasteiger partial charge is 0.164 e. The van der Waals surface area contributed by atoms with Crippen LogP contribution in [0.1, 0.15) is 5.56 Å². The number of rotatable bonds is 2. The van der Waals surface area contributed by atoms with Crippen LogP contribution in [0.2, 0.25) is 5.15 Å². The fourth-order valence-electron chi connectivity index (χ4n) is 2.12. The van der Waals surface area contributed by atoms with Gasteiger partial charge in [0.15, 0.2) is 5.82 Å². The fourth-order valence-corrected chi connectivity index (χ4v) is 2.35. The maximum atomic E-state index is 14.0. The minimum Gasteiger partial charge on any atom is -0.497 e. The van der Waals surface area contributed by atoms with E-state index in [4.69, 9.17) is 16.3 Å². The van der Waals surface area contributed by atoms with Crippen molar-refractivity contribution in [3.63, 3.8) is 0 Å². The summed E-state index contributed by atoms with van der Waals surface area (Å²) in [6.45, 7) is 1.83. The number of nitrogens with zero attached hydrogens (tertiary/aromatic N) is 2. The number of hydrogen-bond acceptors (Lipinski definition) is 3. The number of ether oxygens (including phenoxy) is 1. The Kier molecular flexibility index (Phi) is 3.47. The standard InChI is InChI=1S/C16H12ClFN2O/c1-9-3-5-11(13(18)7-9)16-19-14-6-4-10(21-2)8-12(14)15(17)20-16/h3-8H,1-2H3. The second kappa shape index (κ2) is 5.30. The first-order valence-electron chi connectivity index (χ1n) is 6.36. The molecule has 3 nitrogen and oxygen atoms in total. The Morgan fingerprint density at radius 2 is 1.90 bits per heavy atom. The molecule has 21 heavy (non-hydrogen) atoms. The third kappa shape index (κ3) is 2.54. The zero-order chi connectivity index (χ0) is 15.0. The number of benzene rings is 2. The van der Waals surface area contributed by atoms with E-state index in [0.29, 0.717) is 22.2 Å². The number of aryl methyl sites for hydroxylation is 1. The lowest BCUT2D eigenvalue weighted by Gasteiger charge is -2.07. The first-order chi connectivity index (χ1) is 10.1. The molecule has 0 aliphatic rings. The molecule has 0 bridgehead atoms. The molecule has 2 aromatic carbocycles. The quantitative estimate of drug-likeness (QED) is 0.658. The van der Waals surface area contributed by atoms with Gasteiger partial charge in [0.1, 0.15) is 16.7 Å². The third-order valence-electron chi connectivity index (χ3n) is 3.22. The van der Waals surface area contributed by atoms with E-state index in [0.717, 1.165) is 5.56 Å². The highest BCUT2D eigenvalue weighted by Gasteiger charge is 2.12. The van der Waals surface area contributed by atoms with Crippen LogP contribution in [-0.2, 0) is 0 Å². The van der Waals surface area contributed by atoms with Gasteiger partial charge in [-0.25, -0.2) is 14.4 Å². The van der Waals surface area contributed by atoms with Crippen LogP contribution in [0.25, 0.3) is 22.3 Å². The Morgan fingerprint density at radius 3 is 2.62 bits per heavy atom. The highest BCUT2D eigenvalue weighted by molar-refractivity contribution is 6.34. The van der Waals surface area contributed by atoms with Crippen LogP contribution in [0, 0.1) is 12.7 Å². The molecule has 0 saturated heterocycles. The fraction of sp³-hybridized carbons (Fsp3) is 0.125. The summed E-state index contributed by atoms with van der Waals surface area (Å²) in [5, 5.41) is 0.946. The molecule has 0 spiro atoms. The lowest BCUT2D eigenvalue weighted by atomic mass is 10.1. The van der Waals surface area contributed by atoms with E-state index in [1.54, 1.807) is 31.4 Å². The number of methoxy groups -OCH3 is 1. The topological polar surface area (TPSA) is 35.0 Å². The van der Waals surface area contributed by atoms with Gasteiger partial charge in [-0.2, -0.15) is 0 Å². The molecule has 0 aliphatic carbocycles. The van der Waals surface area contributed by atoms with Crippen molar-refractivity contribution >= 4 is 22.5 Å². The van der Waals surface area contributed by atoms with Crippen molar-refractivity contribution < 1.29 is 9.13 Å². The van der Waals surface area contributed by atoms with Crippen LogP contribution in [0.3, 0.4) is 0 Å². The van der Waals surface area contributed by atoms with Crippen LogP contribution < -0.4 is 4.74 Å². The largest absolute Gasteiger partial charge is 0.497 e. The zero-order valence-electron chi connectivity index (χ0n) is 11.5. The summed E-state index contributed by atoms with van der Waals surface area (Å²) in [5.41, 5.74) is 1.82. The summed E-state index contributed by atoms with van der Waals surface area (Å²) in [5.74, 6) is 0.580. The Bertz CT molecular complexity index is 836. The van der Waals surface area contributed by atoms with E-state index in [1.807, 2.05) is 13.0 Å². The third-order valence-corrected chi connectivity index (χ3v) is 3.51. The lowest BCUT2D eigenvalue weighted by Crippen LogP contribution is -1.95. The molecule has 0 aliphatic heterocycles. The van der Waals surface area contributed by atoms with Crippen molar-refractivity contribution in [3.8, 4) is 17.1 Å². The molecule has 0 amide bonds. The molecule has 0 radical (unpaired) electrons. The second-order valence-corrected chi connectivity index (χ2v) is 5.06. The number of aromatic nitrogens is 2. The van der Waals surface area contributed by atoms with Crippen molar-refractivity contribution in [3.05, 3.63) is 52.9 Å². The monoisotopic (exact) mass is 302 g/mol. The molecule has 106 valence electrons. The maximum absolute atomic E-state index is 14.0. The highest BCUT2D eigenvalue weighted by atomic mass is 35.5. The second-order valence-electron chi connectivity index (χ2n) is 4.70. The van der Waals surface area contributed by atoms with Crippen LogP contribution in [0.5, 0.6) is 5.75 Å². The highest BCUT2D eigenvalue weighted by Crippen LogP contribution is 2.29. The van der Waals surface area contributed by atoms with Crippen LogP contribution in [0.15, 0.2) is 36.4 Å². The van der Waals surface area contributed by atoms with Gasteiger partial charge in [-0.05, 0) is 42.8 Å². The minimum atomic E-state index is -0.362. The van der Waals surface area contributed by atoms with Gasteiger partial charge in [0, 0.05) is 5.39 Å². The average molecular weight is 303 g/mol. The van der Waals surface area contributed by atoms with E-state index in [2.05, 4.69) is 9.97 Å². The summed E-state index contributed by atoms with van der Waals surface area (Å²) in [6.07, 6.45) is 0. The molecular formula is C16H12ClFN2O. The first-order valence-corrected chi connectivity index (χ1v) is 6.74. The molecule has 3 aromatic rings. The predicted octanol–water partition coefficient (Wildman–Crippen LogP) is 4.41. The van der Waals surface area contributed by atoms with Crippen LogP contribution in [0.4, 0.5) is 4.39 Å². The molecular weight excluding hydrogens is 291 g/mol. The first kappa shape index (κ1) is 13.8. The molecule has 3 rings (SSSR count). The number of hydrogen-bond donors (Lipinski definition) is 0. The number of fused-ring (bicyclic) bond motifs is 1. The van der Waals surface area contributed by atoms with Gasteiger partial charge >= 0.3 is 0 Å². The molecule has 1 aromatic heterocycles. The van der Waals surface area contributed by atoms with Gasteiger partial charge in [-0.1, -0.05) is 17.7 Å². The van der Waals surface area contributed by atoms with Gasteiger partial charge in [0.25, 0.3) is 0 Å². The Morgan fingerprint density at radius 1 is 1.10 bits per heavy atom. The van der Waals surface area contributed by atoms with E-state index < -0.39 is 0 Å².